The molecule has 1 N–H and O–H groups in total. The van der Waals surface area contributed by atoms with Crippen LogP contribution in [0.5, 0.6) is 5.75 Å². The van der Waals surface area contributed by atoms with Crippen LogP contribution < -0.4 is 14.4 Å². The monoisotopic (exact) mass is 583 g/mol. The Hall–Kier alpha value is -3.28. The van der Waals surface area contributed by atoms with Crippen molar-refractivity contribution in [3.05, 3.63) is 59.7 Å². The number of anilines is 1. The summed E-state index contributed by atoms with van der Waals surface area (Å²) in [6, 6.07) is 10.4. The Balaban J connectivity index is 1.76. The van der Waals surface area contributed by atoms with Gasteiger partial charge in [0.2, 0.25) is 21.8 Å². The van der Waals surface area contributed by atoms with E-state index in [1.807, 2.05) is 6.07 Å². The fourth-order valence-electron chi connectivity index (χ4n) is 4.78. The van der Waals surface area contributed by atoms with E-state index in [0.29, 0.717) is 5.75 Å². The molecule has 1 saturated carbocycles. The molecule has 1 aliphatic rings. The standard InChI is InChI=1S/C28H36F3N3O5S/c1-20(27(36)32-23-11-4-5-12-23)33(19-21-9-6-14-25(17-21)39-2)26(35)15-8-16-34(40(3,37)38)24-13-7-10-22(18-24)28(29,30)31/h6-7,9-10,13-14,17-18,20,23H,4-5,8,11-12,15-16,19H2,1-3H3,(H,32,36). The molecular weight excluding hydrogens is 547 g/mol. The highest BCUT2D eigenvalue weighted by Crippen LogP contribution is 2.32. The molecule has 0 spiro atoms. The van der Waals surface area contributed by atoms with Gasteiger partial charge in [0, 0.05) is 25.6 Å². The van der Waals surface area contributed by atoms with Gasteiger partial charge in [-0.3, -0.25) is 13.9 Å². The number of ether oxygens (including phenoxy) is 1. The minimum atomic E-state index is -4.63. The summed E-state index contributed by atoms with van der Waals surface area (Å²) in [7, 11) is -2.41. The zero-order chi connectivity index (χ0) is 29.5. The summed E-state index contributed by atoms with van der Waals surface area (Å²) in [5, 5.41) is 3.02. The Morgan fingerprint density at radius 1 is 1.10 bits per heavy atom. The molecule has 0 saturated heterocycles. The van der Waals surface area contributed by atoms with Crippen LogP contribution in [-0.2, 0) is 32.3 Å². The summed E-state index contributed by atoms with van der Waals surface area (Å²) < 4.78 is 70.7. The Labute approximate surface area is 233 Å². The first-order chi connectivity index (χ1) is 18.8. The van der Waals surface area contributed by atoms with Crippen molar-refractivity contribution in [2.24, 2.45) is 0 Å². The van der Waals surface area contributed by atoms with Gasteiger partial charge in [-0.2, -0.15) is 13.2 Å². The van der Waals surface area contributed by atoms with Crippen LogP contribution in [0.3, 0.4) is 0 Å². The highest BCUT2D eigenvalue weighted by molar-refractivity contribution is 7.92. The van der Waals surface area contributed by atoms with Crippen LogP contribution in [0, 0.1) is 0 Å². The van der Waals surface area contributed by atoms with E-state index in [9.17, 15) is 31.2 Å². The molecule has 2 aromatic rings. The molecule has 220 valence electrons. The van der Waals surface area contributed by atoms with Gasteiger partial charge in [0.25, 0.3) is 0 Å². The maximum Gasteiger partial charge on any atom is 0.416 e. The predicted molar refractivity (Wildman–Crippen MR) is 146 cm³/mol. The summed E-state index contributed by atoms with van der Waals surface area (Å²) in [5.74, 6) is -0.0582. The third kappa shape index (κ3) is 8.61. The number of carbonyl (C=O) groups excluding carboxylic acids is 2. The lowest BCUT2D eigenvalue weighted by Crippen LogP contribution is -2.49. The molecule has 3 rings (SSSR count). The Bertz CT molecular complexity index is 1280. The number of alkyl halides is 3. The van der Waals surface area contributed by atoms with Crippen LogP contribution in [0.1, 0.15) is 56.6 Å². The Kier molecular flexibility index (Phi) is 10.5. The maximum absolute atomic E-state index is 13.4. The van der Waals surface area contributed by atoms with Crippen molar-refractivity contribution in [3.63, 3.8) is 0 Å². The molecule has 40 heavy (non-hydrogen) atoms. The van der Waals surface area contributed by atoms with Crippen molar-refractivity contribution >= 4 is 27.5 Å². The van der Waals surface area contributed by atoms with E-state index in [1.165, 1.54) is 18.1 Å². The number of hydrogen-bond acceptors (Lipinski definition) is 5. The maximum atomic E-state index is 13.4. The van der Waals surface area contributed by atoms with E-state index in [2.05, 4.69) is 5.32 Å². The topological polar surface area (TPSA) is 96.0 Å². The van der Waals surface area contributed by atoms with Gasteiger partial charge >= 0.3 is 6.18 Å². The largest absolute Gasteiger partial charge is 0.497 e. The van der Waals surface area contributed by atoms with Gasteiger partial charge in [0.1, 0.15) is 11.8 Å². The van der Waals surface area contributed by atoms with Gasteiger partial charge in [-0.25, -0.2) is 8.42 Å². The van der Waals surface area contributed by atoms with E-state index in [-0.39, 0.29) is 49.5 Å². The summed E-state index contributed by atoms with van der Waals surface area (Å²) in [4.78, 5) is 27.9. The SMILES string of the molecule is COc1cccc(CN(C(=O)CCCN(c2cccc(C(F)(F)F)c2)S(C)(=O)=O)C(C)C(=O)NC2CCCC2)c1. The third-order valence-corrected chi connectivity index (χ3v) is 8.16. The molecule has 0 radical (unpaired) electrons. The number of hydrogen-bond donors (Lipinski definition) is 1. The summed E-state index contributed by atoms with van der Waals surface area (Å²) >= 11 is 0. The summed E-state index contributed by atoms with van der Waals surface area (Å²) in [6.45, 7) is 1.56. The number of rotatable bonds is 12. The van der Waals surface area contributed by atoms with Crippen molar-refractivity contribution in [2.75, 3.05) is 24.2 Å². The summed E-state index contributed by atoms with van der Waals surface area (Å²) in [6.07, 6.45) is 0.0373. The van der Waals surface area contributed by atoms with E-state index < -0.39 is 27.8 Å². The number of benzene rings is 2. The quantitative estimate of drug-likeness (QED) is 0.390. The van der Waals surface area contributed by atoms with Crippen molar-refractivity contribution in [3.8, 4) is 5.75 Å². The molecule has 0 bridgehead atoms. The molecule has 1 aliphatic carbocycles. The normalized spacial score (nSPS) is 14.9. The zero-order valence-corrected chi connectivity index (χ0v) is 23.7. The smallest absolute Gasteiger partial charge is 0.416 e. The highest BCUT2D eigenvalue weighted by Gasteiger charge is 2.32. The molecule has 1 fully saturated rings. The first-order valence-corrected chi connectivity index (χ1v) is 15.0. The average molecular weight is 584 g/mol. The van der Waals surface area contributed by atoms with E-state index in [1.54, 1.807) is 25.1 Å². The van der Waals surface area contributed by atoms with Gasteiger partial charge in [0.05, 0.1) is 24.6 Å². The van der Waals surface area contributed by atoms with Gasteiger partial charge in [-0.1, -0.05) is 31.0 Å². The van der Waals surface area contributed by atoms with Crippen LogP contribution in [0.25, 0.3) is 0 Å². The van der Waals surface area contributed by atoms with Crippen LogP contribution in [0.2, 0.25) is 0 Å². The average Bonchev–Trinajstić information content (AvgIpc) is 3.41. The fourth-order valence-corrected chi connectivity index (χ4v) is 5.74. The molecule has 8 nitrogen and oxygen atoms in total. The number of halogens is 3. The summed E-state index contributed by atoms with van der Waals surface area (Å²) in [5.41, 5.74) is -0.362. The number of nitrogens with one attached hydrogen (secondary N) is 1. The first kappa shape index (κ1) is 31.3. The van der Waals surface area contributed by atoms with Crippen LogP contribution in [-0.4, -0.2) is 57.1 Å². The minimum Gasteiger partial charge on any atom is -0.497 e. The molecule has 12 heteroatoms. The number of sulfonamides is 1. The molecule has 2 amide bonds. The third-order valence-electron chi connectivity index (χ3n) is 6.97. The second-order valence-corrected chi connectivity index (χ2v) is 11.9. The minimum absolute atomic E-state index is 0.0354. The molecule has 0 aromatic heterocycles. The lowest BCUT2D eigenvalue weighted by Gasteiger charge is -2.30. The molecule has 0 aliphatic heterocycles. The van der Waals surface area contributed by atoms with Gasteiger partial charge in [-0.05, 0) is 62.1 Å². The lowest BCUT2D eigenvalue weighted by atomic mass is 10.1. The second kappa shape index (κ2) is 13.4. The van der Waals surface area contributed by atoms with Crippen molar-refractivity contribution in [1.82, 2.24) is 10.2 Å². The molecule has 0 heterocycles. The van der Waals surface area contributed by atoms with E-state index >= 15 is 0 Å². The molecule has 1 unspecified atom stereocenters. The second-order valence-electron chi connectivity index (χ2n) is 10.0. The number of carbonyl (C=O) groups is 2. The number of methoxy groups -OCH3 is 1. The molecular formula is C28H36F3N3O5S. The van der Waals surface area contributed by atoms with Crippen LogP contribution in [0.4, 0.5) is 18.9 Å². The van der Waals surface area contributed by atoms with E-state index in [0.717, 1.165) is 60.0 Å². The first-order valence-electron chi connectivity index (χ1n) is 13.2. The fraction of sp³-hybridized carbons (Fsp3) is 0.500. The molecule has 1 atom stereocenters. The number of amides is 2. The van der Waals surface area contributed by atoms with E-state index in [4.69, 9.17) is 4.74 Å². The number of nitrogens with zero attached hydrogens (tertiary/aromatic N) is 2. The van der Waals surface area contributed by atoms with Crippen LogP contribution in [0.15, 0.2) is 48.5 Å². The highest BCUT2D eigenvalue weighted by atomic mass is 32.2. The predicted octanol–water partition coefficient (Wildman–Crippen LogP) is 4.74. The van der Waals surface area contributed by atoms with Crippen molar-refractivity contribution in [2.45, 2.75) is 70.3 Å². The Morgan fingerprint density at radius 2 is 1.77 bits per heavy atom. The lowest BCUT2D eigenvalue weighted by molar-refractivity contribution is -0.141. The molecule has 2 aromatic carbocycles. The van der Waals surface area contributed by atoms with Crippen LogP contribution >= 0.6 is 0 Å². The van der Waals surface area contributed by atoms with Crippen molar-refractivity contribution in [1.29, 1.82) is 0 Å². The Morgan fingerprint density at radius 3 is 2.40 bits per heavy atom. The van der Waals surface area contributed by atoms with Gasteiger partial charge < -0.3 is 15.0 Å². The van der Waals surface area contributed by atoms with Crippen molar-refractivity contribution < 1.29 is 35.9 Å². The van der Waals surface area contributed by atoms with Gasteiger partial charge in [-0.15, -0.1) is 0 Å². The zero-order valence-electron chi connectivity index (χ0n) is 22.9. The van der Waals surface area contributed by atoms with Gasteiger partial charge in [0.15, 0.2) is 0 Å².